The Morgan fingerprint density at radius 3 is 2.26 bits per heavy atom. The van der Waals surface area contributed by atoms with Crippen LogP contribution in [0.4, 0.5) is 4.39 Å². The second-order valence-corrected chi connectivity index (χ2v) is 7.00. The molecule has 0 heterocycles. The highest BCUT2D eigenvalue weighted by atomic mass is 32.2. The summed E-state index contributed by atoms with van der Waals surface area (Å²) >= 11 is 0. The van der Waals surface area contributed by atoms with Crippen molar-refractivity contribution in [3.8, 4) is 0 Å². The van der Waals surface area contributed by atoms with Crippen LogP contribution < -0.4 is 5.73 Å². The molecule has 0 saturated heterocycles. The average molecular weight is 287 g/mol. The summed E-state index contributed by atoms with van der Waals surface area (Å²) in [4.78, 5) is 11.4. The molecule has 0 aliphatic heterocycles. The lowest BCUT2D eigenvalue weighted by Crippen LogP contribution is -2.31. The van der Waals surface area contributed by atoms with Crippen molar-refractivity contribution in [2.45, 2.75) is 11.2 Å². The van der Waals surface area contributed by atoms with Gasteiger partial charge in [-0.25, -0.2) is 12.8 Å². The van der Waals surface area contributed by atoms with E-state index in [1.807, 2.05) is 0 Å². The standard InChI is InChI=1S/C12H14FNO4S/c1-19(17,18)10-9(12(10,6-14)11(15)16)7-2-4-8(13)5-3-7/h2-5,9-10H,6,14H2,1H3,(H,15,16)/t9-,10+,12-/m0/s1. The lowest BCUT2D eigenvalue weighted by molar-refractivity contribution is -0.143. The van der Waals surface area contributed by atoms with Crippen molar-refractivity contribution in [2.24, 2.45) is 11.1 Å². The minimum atomic E-state index is -3.56. The molecule has 5 nitrogen and oxygen atoms in total. The highest BCUT2D eigenvalue weighted by Gasteiger charge is 2.74. The van der Waals surface area contributed by atoms with Crippen molar-refractivity contribution in [3.63, 3.8) is 0 Å². The van der Waals surface area contributed by atoms with E-state index in [1.54, 1.807) is 0 Å². The number of carboxylic acids is 1. The van der Waals surface area contributed by atoms with Gasteiger partial charge in [-0.3, -0.25) is 4.79 Å². The number of nitrogens with two attached hydrogens (primary N) is 1. The Bertz CT molecular complexity index is 613. The largest absolute Gasteiger partial charge is 0.481 e. The molecule has 0 spiro atoms. The smallest absolute Gasteiger partial charge is 0.312 e. The third-order valence-electron chi connectivity index (χ3n) is 3.68. The van der Waals surface area contributed by atoms with Crippen molar-refractivity contribution in [1.29, 1.82) is 0 Å². The van der Waals surface area contributed by atoms with E-state index < -0.39 is 38.2 Å². The van der Waals surface area contributed by atoms with Gasteiger partial charge in [-0.1, -0.05) is 12.1 Å². The third kappa shape index (κ3) is 2.02. The number of carbonyl (C=O) groups is 1. The Kier molecular flexibility index (Phi) is 3.14. The van der Waals surface area contributed by atoms with Gasteiger partial charge in [0.15, 0.2) is 9.84 Å². The first-order valence-electron chi connectivity index (χ1n) is 5.63. The van der Waals surface area contributed by atoms with Gasteiger partial charge >= 0.3 is 5.97 Å². The SMILES string of the molecule is CS(=O)(=O)[C@@H]1[C@H](c2ccc(F)cc2)[C@]1(CN)C(=O)O. The minimum absolute atomic E-state index is 0.276. The Labute approximate surface area is 110 Å². The second kappa shape index (κ2) is 4.28. The zero-order valence-corrected chi connectivity index (χ0v) is 11.0. The molecule has 3 atom stereocenters. The molecule has 3 N–H and O–H groups in total. The van der Waals surface area contributed by atoms with Gasteiger partial charge in [-0.15, -0.1) is 0 Å². The van der Waals surface area contributed by atoms with Crippen LogP contribution in [-0.2, 0) is 14.6 Å². The molecular formula is C12H14FNO4S. The Morgan fingerprint density at radius 1 is 1.42 bits per heavy atom. The van der Waals surface area contributed by atoms with Crippen LogP contribution in [0.1, 0.15) is 11.5 Å². The van der Waals surface area contributed by atoms with Gasteiger partial charge in [0.05, 0.1) is 5.25 Å². The van der Waals surface area contributed by atoms with E-state index in [4.69, 9.17) is 5.73 Å². The predicted octanol–water partition coefficient (Wildman–Crippen LogP) is 0.366. The normalized spacial score (nSPS) is 30.1. The van der Waals surface area contributed by atoms with Crippen LogP contribution in [0.3, 0.4) is 0 Å². The number of halogens is 1. The Hall–Kier alpha value is -1.47. The maximum atomic E-state index is 12.9. The van der Waals surface area contributed by atoms with Crippen LogP contribution in [0.2, 0.25) is 0 Å². The van der Waals surface area contributed by atoms with E-state index in [9.17, 15) is 22.7 Å². The average Bonchev–Trinajstić information content (AvgIpc) is 3.00. The zero-order chi connectivity index (χ0) is 14.4. The van der Waals surface area contributed by atoms with E-state index in [0.29, 0.717) is 5.56 Å². The van der Waals surface area contributed by atoms with Gasteiger partial charge < -0.3 is 10.8 Å². The molecule has 0 unspecified atom stereocenters. The van der Waals surface area contributed by atoms with Gasteiger partial charge in [-0.2, -0.15) is 0 Å². The van der Waals surface area contributed by atoms with Crippen LogP contribution in [0.5, 0.6) is 0 Å². The second-order valence-electron chi connectivity index (χ2n) is 4.83. The van der Waals surface area contributed by atoms with E-state index >= 15 is 0 Å². The molecule has 0 radical (unpaired) electrons. The first kappa shape index (κ1) is 14.0. The molecule has 104 valence electrons. The van der Waals surface area contributed by atoms with E-state index in [2.05, 4.69) is 0 Å². The van der Waals surface area contributed by atoms with Crippen molar-refractivity contribution in [2.75, 3.05) is 12.8 Å². The molecule has 1 fully saturated rings. The lowest BCUT2D eigenvalue weighted by Gasteiger charge is -2.09. The fourth-order valence-corrected chi connectivity index (χ4v) is 4.68. The topological polar surface area (TPSA) is 97.5 Å². The summed E-state index contributed by atoms with van der Waals surface area (Å²) in [6.45, 7) is -0.276. The quantitative estimate of drug-likeness (QED) is 0.833. The predicted molar refractivity (Wildman–Crippen MR) is 66.9 cm³/mol. The summed E-state index contributed by atoms with van der Waals surface area (Å²) < 4.78 is 36.3. The van der Waals surface area contributed by atoms with Crippen molar-refractivity contribution in [1.82, 2.24) is 0 Å². The number of hydrogen-bond acceptors (Lipinski definition) is 4. The summed E-state index contributed by atoms with van der Waals surface area (Å²) in [6.07, 6.45) is 0.995. The highest BCUT2D eigenvalue weighted by molar-refractivity contribution is 7.91. The number of benzene rings is 1. The van der Waals surface area contributed by atoms with Gasteiger partial charge in [0.2, 0.25) is 0 Å². The fourth-order valence-electron chi connectivity index (χ4n) is 2.76. The summed E-state index contributed by atoms with van der Waals surface area (Å²) in [7, 11) is -3.56. The minimum Gasteiger partial charge on any atom is -0.481 e. The third-order valence-corrected chi connectivity index (χ3v) is 5.30. The molecule has 1 aliphatic rings. The van der Waals surface area contributed by atoms with Crippen LogP contribution in [0, 0.1) is 11.2 Å². The molecule has 1 aromatic rings. The van der Waals surface area contributed by atoms with Crippen LogP contribution >= 0.6 is 0 Å². The van der Waals surface area contributed by atoms with Gasteiger partial charge in [-0.05, 0) is 17.7 Å². The van der Waals surface area contributed by atoms with Crippen molar-refractivity contribution in [3.05, 3.63) is 35.6 Å². The van der Waals surface area contributed by atoms with Gasteiger partial charge in [0.25, 0.3) is 0 Å². The van der Waals surface area contributed by atoms with Crippen LogP contribution in [0.25, 0.3) is 0 Å². The van der Waals surface area contributed by atoms with Gasteiger partial charge in [0, 0.05) is 18.7 Å². The molecule has 19 heavy (non-hydrogen) atoms. The van der Waals surface area contributed by atoms with E-state index in [-0.39, 0.29) is 6.54 Å². The molecule has 7 heteroatoms. The molecule has 2 rings (SSSR count). The maximum Gasteiger partial charge on any atom is 0.312 e. The number of rotatable bonds is 4. The Morgan fingerprint density at radius 2 is 1.95 bits per heavy atom. The summed E-state index contributed by atoms with van der Waals surface area (Å²) in [5, 5.41) is 8.24. The highest BCUT2D eigenvalue weighted by Crippen LogP contribution is 2.62. The number of sulfone groups is 1. The molecule has 1 aromatic carbocycles. The number of aliphatic carboxylic acids is 1. The monoisotopic (exact) mass is 287 g/mol. The van der Waals surface area contributed by atoms with E-state index in [1.165, 1.54) is 24.3 Å². The van der Waals surface area contributed by atoms with Crippen LogP contribution in [0.15, 0.2) is 24.3 Å². The van der Waals surface area contributed by atoms with E-state index in [0.717, 1.165) is 6.26 Å². The lowest BCUT2D eigenvalue weighted by atomic mass is 9.99. The maximum absolute atomic E-state index is 12.9. The Balaban J connectivity index is 2.50. The zero-order valence-electron chi connectivity index (χ0n) is 10.2. The summed E-state index contributed by atoms with van der Waals surface area (Å²) in [6, 6.07) is 5.16. The van der Waals surface area contributed by atoms with Crippen molar-refractivity contribution >= 4 is 15.8 Å². The van der Waals surface area contributed by atoms with Crippen molar-refractivity contribution < 1.29 is 22.7 Å². The first-order chi connectivity index (χ1) is 8.75. The fraction of sp³-hybridized carbons (Fsp3) is 0.417. The molecule has 1 aliphatic carbocycles. The molecule has 0 aromatic heterocycles. The van der Waals surface area contributed by atoms with Gasteiger partial charge in [0.1, 0.15) is 11.2 Å². The summed E-state index contributed by atoms with van der Waals surface area (Å²) in [5.41, 5.74) is 4.46. The summed E-state index contributed by atoms with van der Waals surface area (Å²) in [5.74, 6) is -2.43. The molecule has 1 saturated carbocycles. The molecular weight excluding hydrogens is 273 g/mol. The molecule has 0 bridgehead atoms. The molecule has 0 amide bonds. The number of hydrogen-bond donors (Lipinski definition) is 2. The first-order valence-corrected chi connectivity index (χ1v) is 7.58. The van der Waals surface area contributed by atoms with Crippen LogP contribution in [-0.4, -0.2) is 37.5 Å². The number of carboxylic acid groups (broad SMARTS) is 1.